The molecule has 0 bridgehead atoms. The molecule has 3 heteroatoms. The third kappa shape index (κ3) is 3.91. The van der Waals surface area contributed by atoms with Crippen LogP contribution in [0.1, 0.15) is 39.3 Å². The summed E-state index contributed by atoms with van der Waals surface area (Å²) in [6.07, 6.45) is 0. The highest BCUT2D eigenvalue weighted by molar-refractivity contribution is 5.88. The normalized spacial score (nSPS) is 13.6. The minimum absolute atomic E-state index is 0.163. The molecule has 3 nitrogen and oxygen atoms in total. The zero-order valence-electron chi connectivity index (χ0n) is 11.5. The smallest absolute Gasteiger partial charge is 0.335 e. The van der Waals surface area contributed by atoms with Gasteiger partial charge in [0.2, 0.25) is 0 Å². The van der Waals surface area contributed by atoms with Gasteiger partial charge in [0, 0.05) is 11.7 Å². The first-order chi connectivity index (χ1) is 8.56. The molecule has 0 heterocycles. The molecule has 0 aliphatic carbocycles. The maximum absolute atomic E-state index is 11.6. The summed E-state index contributed by atoms with van der Waals surface area (Å²) in [4.78, 5) is 11.6. The summed E-state index contributed by atoms with van der Waals surface area (Å²) in [5.41, 5.74) is 2.66. The Hall–Kier alpha value is -1.77. The largest absolute Gasteiger partial charge is 0.463 e. The average Bonchev–Trinajstić information content (AvgIpc) is 2.39. The number of carbonyl (C=O) groups is 1. The van der Waals surface area contributed by atoms with Crippen LogP contribution in [0.25, 0.3) is 0 Å². The van der Waals surface area contributed by atoms with Crippen LogP contribution in [0.4, 0.5) is 0 Å². The molecular weight excluding hydrogens is 226 g/mol. The number of benzene rings is 1. The molecule has 1 N–H and O–H groups in total. The molecule has 0 saturated carbocycles. The molecule has 0 aliphatic rings. The number of ether oxygens (including phenoxy) is 1. The van der Waals surface area contributed by atoms with E-state index < -0.39 is 0 Å². The summed E-state index contributed by atoms with van der Waals surface area (Å²) in [6, 6.07) is 10.3. The highest BCUT2D eigenvalue weighted by atomic mass is 16.5. The topological polar surface area (TPSA) is 38.3 Å². The quantitative estimate of drug-likeness (QED) is 0.641. The molecule has 0 amide bonds. The molecule has 0 aliphatic heterocycles. The summed E-state index contributed by atoms with van der Waals surface area (Å²) < 4.78 is 4.98. The molecule has 0 fully saturated rings. The SMILES string of the molecule is CCOC(=O)/C(C)=C(\C)NC(C)c1ccccc1. The van der Waals surface area contributed by atoms with Gasteiger partial charge in [-0.15, -0.1) is 0 Å². The molecule has 0 spiro atoms. The van der Waals surface area contributed by atoms with Crippen LogP contribution in [0.5, 0.6) is 0 Å². The second-order valence-electron chi connectivity index (χ2n) is 4.25. The van der Waals surface area contributed by atoms with E-state index in [1.165, 1.54) is 5.56 Å². The van der Waals surface area contributed by atoms with Crippen molar-refractivity contribution in [3.63, 3.8) is 0 Å². The van der Waals surface area contributed by atoms with Gasteiger partial charge in [-0.2, -0.15) is 0 Å². The van der Waals surface area contributed by atoms with Crippen molar-refractivity contribution < 1.29 is 9.53 Å². The van der Waals surface area contributed by atoms with Crippen LogP contribution < -0.4 is 5.32 Å². The van der Waals surface area contributed by atoms with Crippen molar-refractivity contribution in [1.82, 2.24) is 5.32 Å². The van der Waals surface area contributed by atoms with E-state index in [1.807, 2.05) is 25.1 Å². The van der Waals surface area contributed by atoms with Gasteiger partial charge in [0.05, 0.1) is 12.2 Å². The molecular formula is C15H21NO2. The fraction of sp³-hybridized carbons (Fsp3) is 0.400. The van der Waals surface area contributed by atoms with E-state index in [0.29, 0.717) is 12.2 Å². The average molecular weight is 247 g/mol. The van der Waals surface area contributed by atoms with E-state index >= 15 is 0 Å². The van der Waals surface area contributed by atoms with E-state index in [9.17, 15) is 4.79 Å². The summed E-state index contributed by atoms with van der Waals surface area (Å²) >= 11 is 0. The van der Waals surface area contributed by atoms with Crippen LogP contribution in [0.15, 0.2) is 41.6 Å². The third-order valence-corrected chi connectivity index (χ3v) is 2.88. The van der Waals surface area contributed by atoms with Crippen LogP contribution in [0.2, 0.25) is 0 Å². The Kier molecular flexibility index (Phi) is 5.43. The Balaban J connectivity index is 2.72. The number of carbonyl (C=O) groups excluding carboxylic acids is 1. The van der Waals surface area contributed by atoms with E-state index in [-0.39, 0.29) is 12.0 Å². The van der Waals surface area contributed by atoms with Gasteiger partial charge >= 0.3 is 5.97 Å². The molecule has 1 atom stereocenters. The van der Waals surface area contributed by atoms with Crippen molar-refractivity contribution >= 4 is 5.97 Å². The lowest BCUT2D eigenvalue weighted by Gasteiger charge is -2.17. The lowest BCUT2D eigenvalue weighted by atomic mass is 10.1. The Morgan fingerprint density at radius 1 is 1.28 bits per heavy atom. The molecule has 1 rings (SSSR count). The lowest BCUT2D eigenvalue weighted by Crippen LogP contribution is -2.20. The molecule has 1 aromatic rings. The van der Waals surface area contributed by atoms with Gasteiger partial charge in [-0.1, -0.05) is 30.3 Å². The van der Waals surface area contributed by atoms with Gasteiger partial charge in [-0.25, -0.2) is 4.79 Å². The first kappa shape index (κ1) is 14.3. The van der Waals surface area contributed by atoms with E-state index in [4.69, 9.17) is 4.74 Å². The van der Waals surface area contributed by atoms with E-state index in [2.05, 4.69) is 24.4 Å². The van der Waals surface area contributed by atoms with Crippen molar-refractivity contribution in [2.45, 2.75) is 33.7 Å². The summed E-state index contributed by atoms with van der Waals surface area (Å²) in [6.45, 7) is 7.94. The van der Waals surface area contributed by atoms with Crippen molar-refractivity contribution in [2.24, 2.45) is 0 Å². The van der Waals surface area contributed by atoms with Crippen LogP contribution in [0.3, 0.4) is 0 Å². The van der Waals surface area contributed by atoms with Crippen molar-refractivity contribution in [2.75, 3.05) is 6.61 Å². The molecule has 0 saturated heterocycles. The van der Waals surface area contributed by atoms with Gasteiger partial charge in [0.15, 0.2) is 0 Å². The number of allylic oxidation sites excluding steroid dienone is 1. The van der Waals surface area contributed by atoms with Crippen LogP contribution in [0, 0.1) is 0 Å². The molecule has 1 unspecified atom stereocenters. The Bertz CT molecular complexity index is 423. The molecule has 98 valence electrons. The van der Waals surface area contributed by atoms with Crippen LogP contribution in [-0.4, -0.2) is 12.6 Å². The molecule has 18 heavy (non-hydrogen) atoms. The predicted molar refractivity (Wildman–Crippen MR) is 73.0 cm³/mol. The minimum atomic E-state index is -0.261. The highest BCUT2D eigenvalue weighted by Crippen LogP contribution is 2.14. The predicted octanol–water partition coefficient (Wildman–Crippen LogP) is 3.19. The van der Waals surface area contributed by atoms with Crippen molar-refractivity contribution in [3.8, 4) is 0 Å². The van der Waals surface area contributed by atoms with Gasteiger partial charge < -0.3 is 10.1 Å². The van der Waals surface area contributed by atoms with E-state index in [0.717, 1.165) is 5.70 Å². The number of hydrogen-bond acceptors (Lipinski definition) is 3. The standard InChI is InChI=1S/C15H21NO2/c1-5-18-15(17)11(2)12(3)16-13(4)14-9-7-6-8-10-14/h6-10,13,16H,5H2,1-4H3/b12-11+. The zero-order valence-corrected chi connectivity index (χ0v) is 11.5. The van der Waals surface area contributed by atoms with Gasteiger partial charge in [0.1, 0.15) is 0 Å². The van der Waals surface area contributed by atoms with Crippen LogP contribution >= 0.6 is 0 Å². The molecule has 0 aromatic heterocycles. The number of esters is 1. The van der Waals surface area contributed by atoms with E-state index in [1.54, 1.807) is 13.8 Å². The summed E-state index contributed by atoms with van der Waals surface area (Å²) in [5.74, 6) is -0.261. The second-order valence-corrected chi connectivity index (χ2v) is 4.25. The first-order valence-electron chi connectivity index (χ1n) is 6.22. The maximum Gasteiger partial charge on any atom is 0.335 e. The summed E-state index contributed by atoms with van der Waals surface area (Å²) in [7, 11) is 0. The maximum atomic E-state index is 11.6. The first-order valence-corrected chi connectivity index (χ1v) is 6.22. The Morgan fingerprint density at radius 3 is 2.44 bits per heavy atom. The monoisotopic (exact) mass is 247 g/mol. The van der Waals surface area contributed by atoms with Gasteiger partial charge in [0.25, 0.3) is 0 Å². The Morgan fingerprint density at radius 2 is 1.89 bits per heavy atom. The zero-order chi connectivity index (χ0) is 13.5. The van der Waals surface area contributed by atoms with Gasteiger partial charge in [-0.3, -0.25) is 0 Å². The van der Waals surface area contributed by atoms with Crippen molar-refractivity contribution in [1.29, 1.82) is 0 Å². The number of nitrogens with one attached hydrogen (secondary N) is 1. The molecule has 0 radical (unpaired) electrons. The third-order valence-electron chi connectivity index (χ3n) is 2.88. The highest BCUT2D eigenvalue weighted by Gasteiger charge is 2.11. The number of rotatable bonds is 5. The fourth-order valence-corrected chi connectivity index (χ4v) is 1.65. The fourth-order valence-electron chi connectivity index (χ4n) is 1.65. The Labute approximate surface area is 109 Å². The minimum Gasteiger partial charge on any atom is -0.463 e. The van der Waals surface area contributed by atoms with Crippen molar-refractivity contribution in [3.05, 3.63) is 47.2 Å². The second kappa shape index (κ2) is 6.84. The summed E-state index contributed by atoms with van der Waals surface area (Å²) in [5, 5.41) is 3.31. The lowest BCUT2D eigenvalue weighted by molar-refractivity contribution is -0.138. The molecule has 1 aromatic carbocycles. The van der Waals surface area contributed by atoms with Crippen LogP contribution in [-0.2, 0) is 9.53 Å². The van der Waals surface area contributed by atoms with Gasteiger partial charge in [-0.05, 0) is 33.3 Å². The number of hydrogen-bond donors (Lipinski definition) is 1.